The number of piperidine rings is 1. The van der Waals surface area contributed by atoms with Crippen LogP contribution < -0.4 is 4.74 Å². The van der Waals surface area contributed by atoms with E-state index in [1.54, 1.807) is 0 Å². The van der Waals surface area contributed by atoms with E-state index in [1.807, 2.05) is 36.5 Å². The predicted octanol–water partition coefficient (Wildman–Crippen LogP) is 7.07. The highest BCUT2D eigenvalue weighted by Crippen LogP contribution is 2.42. The van der Waals surface area contributed by atoms with E-state index >= 15 is 0 Å². The van der Waals surface area contributed by atoms with E-state index in [2.05, 4.69) is 61.8 Å². The zero-order chi connectivity index (χ0) is 26.2. The molecule has 5 heteroatoms. The van der Waals surface area contributed by atoms with Crippen LogP contribution in [-0.2, 0) is 17.6 Å². The van der Waals surface area contributed by atoms with Gasteiger partial charge in [0.1, 0.15) is 12.4 Å². The molecule has 3 atom stereocenters. The standard InChI is InChI=1S/C32H39ClN2O2/c1-22-20-35(18-15-32(22,36)23-9-12-25(33)13-10-23)17-6-8-26-27-7-5-16-34-29(27)21-37-30-14-11-24(19-28(26)30)31(2,3)4/h5,7,9-14,16,19,22,26,36H,6,8,15,17-18,20-21H2,1-4H3. The first-order valence-corrected chi connectivity index (χ1v) is 13.9. The second-order valence-electron chi connectivity index (χ2n) is 11.9. The molecule has 2 aliphatic heterocycles. The Morgan fingerprint density at radius 1 is 1.11 bits per heavy atom. The van der Waals surface area contributed by atoms with E-state index in [4.69, 9.17) is 16.3 Å². The summed E-state index contributed by atoms with van der Waals surface area (Å²) < 4.78 is 6.25. The van der Waals surface area contributed by atoms with Crippen molar-refractivity contribution in [2.75, 3.05) is 19.6 Å². The molecule has 4 nitrogen and oxygen atoms in total. The molecule has 3 aromatic rings. The van der Waals surface area contributed by atoms with Gasteiger partial charge in [0.2, 0.25) is 0 Å². The third kappa shape index (κ3) is 5.43. The fourth-order valence-electron chi connectivity index (χ4n) is 6.03. The van der Waals surface area contributed by atoms with Crippen molar-refractivity contribution < 1.29 is 9.84 Å². The van der Waals surface area contributed by atoms with E-state index in [0.29, 0.717) is 11.6 Å². The number of hydrogen-bond donors (Lipinski definition) is 1. The lowest BCUT2D eigenvalue weighted by molar-refractivity contribution is -0.0712. The van der Waals surface area contributed by atoms with Crippen molar-refractivity contribution in [1.29, 1.82) is 0 Å². The minimum atomic E-state index is -0.799. The van der Waals surface area contributed by atoms with Gasteiger partial charge in [0, 0.05) is 41.7 Å². The first kappa shape index (κ1) is 26.2. The first-order valence-electron chi connectivity index (χ1n) is 13.6. The number of likely N-dealkylation sites (tertiary alicyclic amines) is 1. The summed E-state index contributed by atoms with van der Waals surface area (Å²) in [6.45, 7) is 12.3. The van der Waals surface area contributed by atoms with Crippen LogP contribution in [0.25, 0.3) is 0 Å². The minimum absolute atomic E-state index is 0.0778. The van der Waals surface area contributed by atoms with E-state index < -0.39 is 5.60 Å². The van der Waals surface area contributed by atoms with Gasteiger partial charge in [-0.05, 0) is 72.2 Å². The Labute approximate surface area is 226 Å². The monoisotopic (exact) mass is 518 g/mol. The van der Waals surface area contributed by atoms with E-state index in [1.165, 1.54) is 16.7 Å². The van der Waals surface area contributed by atoms with Gasteiger partial charge in [-0.1, -0.05) is 69.6 Å². The average Bonchev–Trinajstić information content (AvgIpc) is 3.03. The zero-order valence-electron chi connectivity index (χ0n) is 22.5. The quantitative estimate of drug-likeness (QED) is 0.392. The Morgan fingerprint density at radius 3 is 2.62 bits per heavy atom. The van der Waals surface area contributed by atoms with Crippen LogP contribution in [0.2, 0.25) is 5.02 Å². The first-order chi connectivity index (χ1) is 17.6. The van der Waals surface area contributed by atoms with Crippen molar-refractivity contribution in [3.05, 3.63) is 93.8 Å². The molecular formula is C32H39ClN2O2. The summed E-state index contributed by atoms with van der Waals surface area (Å²) in [5.41, 5.74) is 5.19. The second kappa shape index (κ2) is 10.4. The molecule has 0 radical (unpaired) electrons. The molecule has 37 heavy (non-hydrogen) atoms. The van der Waals surface area contributed by atoms with Crippen LogP contribution in [0.3, 0.4) is 0 Å². The lowest BCUT2D eigenvalue weighted by Gasteiger charge is -2.43. The number of fused-ring (bicyclic) bond motifs is 2. The molecule has 1 N–H and O–H groups in total. The number of rotatable bonds is 5. The number of benzene rings is 2. The molecule has 2 aliphatic rings. The van der Waals surface area contributed by atoms with E-state index in [-0.39, 0.29) is 17.3 Å². The van der Waals surface area contributed by atoms with Crippen LogP contribution in [0.4, 0.5) is 0 Å². The van der Waals surface area contributed by atoms with E-state index in [9.17, 15) is 5.11 Å². The molecule has 196 valence electrons. The van der Waals surface area contributed by atoms with Crippen molar-refractivity contribution in [3.63, 3.8) is 0 Å². The van der Waals surface area contributed by atoms with Crippen molar-refractivity contribution >= 4 is 11.6 Å². The molecular weight excluding hydrogens is 480 g/mol. The van der Waals surface area contributed by atoms with Crippen molar-refractivity contribution in [2.24, 2.45) is 5.92 Å². The van der Waals surface area contributed by atoms with Gasteiger partial charge in [0.25, 0.3) is 0 Å². The SMILES string of the molecule is CC1CN(CCCC2c3cc(C(C)(C)C)ccc3OCc3ncccc32)CCC1(O)c1ccc(Cl)cc1. The van der Waals surface area contributed by atoms with Gasteiger partial charge in [0.05, 0.1) is 11.3 Å². The largest absolute Gasteiger partial charge is 0.487 e. The summed E-state index contributed by atoms with van der Waals surface area (Å²) in [6, 6.07) is 18.7. The number of nitrogens with zero attached hydrogens (tertiary/aromatic N) is 2. The second-order valence-corrected chi connectivity index (χ2v) is 12.3. The van der Waals surface area contributed by atoms with Crippen LogP contribution in [0, 0.1) is 5.92 Å². The molecule has 0 spiro atoms. The summed E-state index contributed by atoms with van der Waals surface area (Å²) in [5.74, 6) is 1.39. The third-order valence-corrected chi connectivity index (χ3v) is 8.64. The molecule has 1 saturated heterocycles. The number of pyridine rings is 1. The van der Waals surface area contributed by atoms with Gasteiger partial charge in [-0.25, -0.2) is 0 Å². The lowest BCUT2D eigenvalue weighted by Crippen LogP contribution is -2.49. The molecule has 3 unspecified atom stereocenters. The lowest BCUT2D eigenvalue weighted by atomic mass is 9.77. The van der Waals surface area contributed by atoms with Crippen LogP contribution in [0.15, 0.2) is 60.8 Å². The fourth-order valence-corrected chi connectivity index (χ4v) is 6.15. The highest BCUT2D eigenvalue weighted by Gasteiger charge is 2.40. The minimum Gasteiger partial charge on any atom is -0.487 e. The van der Waals surface area contributed by atoms with Gasteiger partial charge in [-0.3, -0.25) is 4.98 Å². The number of hydrogen-bond acceptors (Lipinski definition) is 4. The summed E-state index contributed by atoms with van der Waals surface area (Å²) in [4.78, 5) is 7.18. The molecule has 1 aromatic heterocycles. The summed E-state index contributed by atoms with van der Waals surface area (Å²) in [7, 11) is 0. The molecule has 0 bridgehead atoms. The Balaban J connectivity index is 1.31. The molecule has 3 heterocycles. The van der Waals surface area contributed by atoms with Gasteiger partial charge in [0.15, 0.2) is 0 Å². The Morgan fingerprint density at radius 2 is 1.89 bits per heavy atom. The van der Waals surface area contributed by atoms with Crippen LogP contribution in [0.5, 0.6) is 5.75 Å². The predicted molar refractivity (Wildman–Crippen MR) is 150 cm³/mol. The van der Waals surface area contributed by atoms with Crippen LogP contribution >= 0.6 is 11.6 Å². The molecule has 0 saturated carbocycles. The van der Waals surface area contributed by atoms with Crippen molar-refractivity contribution in [2.45, 2.75) is 70.5 Å². The zero-order valence-corrected chi connectivity index (χ0v) is 23.3. The average molecular weight is 519 g/mol. The fraction of sp³-hybridized carbons (Fsp3) is 0.469. The Bertz CT molecular complexity index is 1240. The third-order valence-electron chi connectivity index (χ3n) is 8.38. The van der Waals surface area contributed by atoms with E-state index in [0.717, 1.165) is 55.9 Å². The summed E-state index contributed by atoms with van der Waals surface area (Å²) in [5, 5.41) is 12.2. The van der Waals surface area contributed by atoms with Crippen molar-refractivity contribution in [1.82, 2.24) is 9.88 Å². The number of halogens is 1. The molecule has 0 amide bonds. The maximum absolute atomic E-state index is 11.5. The number of aromatic nitrogens is 1. The topological polar surface area (TPSA) is 45.6 Å². The van der Waals surface area contributed by atoms with Crippen LogP contribution in [0.1, 0.15) is 80.8 Å². The molecule has 5 rings (SSSR count). The number of aliphatic hydroxyl groups is 1. The van der Waals surface area contributed by atoms with Crippen LogP contribution in [-0.4, -0.2) is 34.6 Å². The highest BCUT2D eigenvalue weighted by molar-refractivity contribution is 6.30. The van der Waals surface area contributed by atoms with Gasteiger partial charge < -0.3 is 14.7 Å². The van der Waals surface area contributed by atoms with Gasteiger partial charge in [-0.15, -0.1) is 0 Å². The number of ether oxygens (including phenoxy) is 1. The maximum atomic E-state index is 11.5. The normalized spacial score (nSPS) is 24.1. The highest BCUT2D eigenvalue weighted by atomic mass is 35.5. The molecule has 0 aliphatic carbocycles. The molecule has 1 fully saturated rings. The maximum Gasteiger partial charge on any atom is 0.131 e. The Hall–Kier alpha value is -2.40. The summed E-state index contributed by atoms with van der Waals surface area (Å²) >= 11 is 6.08. The van der Waals surface area contributed by atoms with Gasteiger partial charge >= 0.3 is 0 Å². The Kier molecular flexibility index (Phi) is 7.37. The van der Waals surface area contributed by atoms with Gasteiger partial charge in [-0.2, -0.15) is 0 Å². The van der Waals surface area contributed by atoms with Crippen molar-refractivity contribution in [3.8, 4) is 5.75 Å². The summed E-state index contributed by atoms with van der Waals surface area (Å²) in [6.07, 6.45) is 4.71. The molecule has 2 aromatic carbocycles. The smallest absolute Gasteiger partial charge is 0.131 e.